The van der Waals surface area contributed by atoms with Crippen molar-refractivity contribution in [1.29, 1.82) is 0 Å². The molecule has 3 heterocycles. The van der Waals surface area contributed by atoms with E-state index in [0.717, 1.165) is 23.2 Å². The number of piperidine rings is 1. The molecule has 2 atom stereocenters. The molecule has 4 rings (SSSR count). The van der Waals surface area contributed by atoms with Crippen molar-refractivity contribution in [3.8, 4) is 0 Å². The number of alkyl halides is 2. The van der Waals surface area contributed by atoms with Gasteiger partial charge in [-0.05, 0) is 37.7 Å². The molecule has 0 aromatic carbocycles. The lowest BCUT2D eigenvalue weighted by molar-refractivity contribution is 0.148. The second kappa shape index (κ2) is 8.42. The molecule has 11 heteroatoms. The van der Waals surface area contributed by atoms with Gasteiger partial charge in [0.25, 0.3) is 12.0 Å². The van der Waals surface area contributed by atoms with Crippen molar-refractivity contribution in [3.63, 3.8) is 0 Å². The van der Waals surface area contributed by atoms with E-state index in [9.17, 15) is 22.0 Å². The second-order valence-electron chi connectivity index (χ2n) is 8.07. The molecule has 1 saturated heterocycles. The van der Waals surface area contributed by atoms with Crippen LogP contribution in [0, 0.1) is 5.92 Å². The topological polar surface area (TPSA) is 97.2 Å². The molecule has 1 aliphatic carbocycles. The van der Waals surface area contributed by atoms with Crippen LogP contribution in [-0.4, -0.2) is 52.5 Å². The van der Waals surface area contributed by atoms with E-state index in [1.807, 2.05) is 6.92 Å². The number of nitrogens with zero attached hydrogens (tertiary/aromatic N) is 4. The zero-order valence-electron chi connectivity index (χ0n) is 21.9. The smallest absolute Gasteiger partial charge is 0.269 e. The molecule has 0 radical (unpaired) electrons. The van der Waals surface area contributed by atoms with Gasteiger partial charge in [0.15, 0.2) is 0 Å². The summed E-state index contributed by atoms with van der Waals surface area (Å²) in [6, 6.07) is -0.892. The number of fused-ring (bicyclic) bond motifs is 1. The van der Waals surface area contributed by atoms with Gasteiger partial charge in [-0.25, -0.2) is 26.5 Å². The summed E-state index contributed by atoms with van der Waals surface area (Å²) >= 11 is 0. The molecule has 0 amide bonds. The molecule has 2 aromatic rings. The normalized spacial score (nSPS) is 27.8. The molecule has 31 heavy (non-hydrogen) atoms. The summed E-state index contributed by atoms with van der Waals surface area (Å²) < 4.78 is 91.8. The Kier molecular flexibility index (Phi) is 4.48. The first kappa shape index (κ1) is 16.5. The summed E-state index contributed by atoms with van der Waals surface area (Å²) in [5.74, 6) is -0.0206. The van der Waals surface area contributed by atoms with Gasteiger partial charge in [-0.3, -0.25) is 9.36 Å². The number of pyridine rings is 1. The van der Waals surface area contributed by atoms with Crippen LogP contribution in [0.1, 0.15) is 63.9 Å². The second-order valence-corrected chi connectivity index (χ2v) is 9.54. The fraction of sp³-hybridized carbons (Fsp3) is 0.650. The number of nitrogens with one attached hydrogen (secondary N) is 1. The van der Waals surface area contributed by atoms with Gasteiger partial charge >= 0.3 is 0 Å². The van der Waals surface area contributed by atoms with Crippen LogP contribution in [0.2, 0.25) is 0 Å². The minimum Gasteiger partial charge on any atom is -0.351 e. The Morgan fingerprint density at radius 1 is 1.32 bits per heavy atom. The first-order chi connectivity index (χ1) is 16.5. The van der Waals surface area contributed by atoms with Crippen LogP contribution in [0.25, 0.3) is 11.0 Å². The Labute approximate surface area is 186 Å². The Morgan fingerprint density at radius 3 is 2.68 bits per heavy atom. The van der Waals surface area contributed by atoms with Crippen molar-refractivity contribution in [2.45, 2.75) is 57.5 Å². The van der Waals surface area contributed by atoms with Crippen molar-refractivity contribution >= 4 is 27.0 Å². The zero-order chi connectivity index (χ0) is 26.7. The molecule has 1 N–H and O–H groups in total. The average Bonchev–Trinajstić information content (AvgIpc) is 3.17. The van der Waals surface area contributed by atoms with Gasteiger partial charge in [0.05, 0.1) is 13.1 Å². The molecule has 1 aliphatic heterocycles. The van der Waals surface area contributed by atoms with Gasteiger partial charge in [-0.15, -0.1) is 0 Å². The number of hydrogen-bond acceptors (Lipinski definition) is 6. The van der Waals surface area contributed by atoms with Crippen LogP contribution in [0.5, 0.6) is 0 Å². The summed E-state index contributed by atoms with van der Waals surface area (Å²) in [6.45, 7) is 1.52. The zero-order valence-corrected chi connectivity index (χ0v) is 17.8. The first-order valence-electron chi connectivity index (χ1n) is 12.6. The number of aromatic nitrogens is 3. The van der Waals surface area contributed by atoms with Gasteiger partial charge in [0.2, 0.25) is 16.0 Å². The van der Waals surface area contributed by atoms with Crippen molar-refractivity contribution in [1.82, 2.24) is 18.8 Å². The fourth-order valence-corrected chi connectivity index (χ4v) is 5.08. The van der Waals surface area contributed by atoms with Gasteiger partial charge in [0, 0.05) is 40.8 Å². The molecular weight excluding hydrogens is 428 g/mol. The third-order valence-corrected chi connectivity index (χ3v) is 7.12. The number of rotatable bonds is 5. The summed E-state index contributed by atoms with van der Waals surface area (Å²) in [7, 11) is -4.52. The van der Waals surface area contributed by atoms with E-state index < -0.39 is 39.7 Å². The van der Waals surface area contributed by atoms with E-state index in [2.05, 4.69) is 15.3 Å². The van der Waals surface area contributed by atoms with Gasteiger partial charge in [0.1, 0.15) is 7.02 Å². The number of hydrogen-bond donors (Lipinski definition) is 1. The van der Waals surface area contributed by atoms with Crippen LogP contribution >= 0.6 is 0 Å². The van der Waals surface area contributed by atoms with Crippen molar-refractivity contribution < 1.29 is 24.1 Å². The Morgan fingerprint density at radius 2 is 2.06 bits per heavy atom. The maximum atomic E-state index is 13.9. The lowest BCUT2D eigenvalue weighted by Gasteiger charge is -2.30. The molecule has 8 nitrogen and oxygen atoms in total. The van der Waals surface area contributed by atoms with Crippen LogP contribution in [-0.2, 0) is 10.0 Å². The highest BCUT2D eigenvalue weighted by Gasteiger charge is 2.30. The van der Waals surface area contributed by atoms with E-state index in [1.165, 1.54) is 10.8 Å². The monoisotopic (exact) mass is 460 g/mol. The summed E-state index contributed by atoms with van der Waals surface area (Å²) in [5, 5.41) is 2.99. The van der Waals surface area contributed by atoms with Crippen molar-refractivity contribution in [2.24, 2.45) is 5.92 Å². The molecule has 0 unspecified atom stereocenters. The number of sulfonamides is 1. The SMILES string of the molecule is [2H]C1(Nc2ncc3cc(C([2H])(F)F)c(=O)n([C@@H]4CCC[C@@H]4C)c3n2)CCN(S(=O)(=O)C([2H])([2H])[2H])CC1. The lowest BCUT2D eigenvalue weighted by Crippen LogP contribution is -2.42. The highest BCUT2D eigenvalue weighted by molar-refractivity contribution is 7.88. The van der Waals surface area contributed by atoms with Gasteiger partial charge < -0.3 is 5.32 Å². The third kappa shape index (κ3) is 4.43. The molecule has 1 saturated carbocycles. The molecule has 2 aliphatic rings. The molecule has 0 bridgehead atoms. The van der Waals surface area contributed by atoms with E-state index in [-0.39, 0.29) is 54.9 Å². The molecule has 170 valence electrons. The Bertz CT molecular complexity index is 1320. The maximum Gasteiger partial charge on any atom is 0.269 e. The van der Waals surface area contributed by atoms with Crippen molar-refractivity contribution in [3.05, 3.63) is 28.2 Å². The number of halogens is 2. The third-order valence-electron chi connectivity index (χ3n) is 6.08. The van der Waals surface area contributed by atoms with E-state index in [4.69, 9.17) is 6.85 Å². The largest absolute Gasteiger partial charge is 0.351 e. The van der Waals surface area contributed by atoms with E-state index in [0.29, 0.717) is 6.42 Å². The highest BCUT2D eigenvalue weighted by atomic mass is 32.2. The molecule has 2 fully saturated rings. The minimum absolute atomic E-state index is 0.0268. The maximum absolute atomic E-state index is 13.9. The molecule has 2 aromatic heterocycles. The van der Waals surface area contributed by atoms with Crippen LogP contribution in [0.4, 0.5) is 14.7 Å². The van der Waals surface area contributed by atoms with Gasteiger partial charge in [-0.1, -0.05) is 13.3 Å². The predicted molar refractivity (Wildman–Crippen MR) is 114 cm³/mol. The number of anilines is 1. The van der Waals surface area contributed by atoms with Gasteiger partial charge in [-0.2, -0.15) is 4.98 Å². The minimum atomic E-state index is -4.52. The van der Waals surface area contributed by atoms with Crippen LogP contribution in [0.3, 0.4) is 0 Å². The summed E-state index contributed by atoms with van der Waals surface area (Å²) in [4.78, 5) is 21.6. The molecule has 0 spiro atoms. The quantitative estimate of drug-likeness (QED) is 0.737. The highest BCUT2D eigenvalue weighted by Crippen LogP contribution is 2.36. The van der Waals surface area contributed by atoms with Crippen LogP contribution < -0.4 is 10.9 Å². The van der Waals surface area contributed by atoms with Crippen LogP contribution in [0.15, 0.2) is 17.1 Å². The lowest BCUT2D eigenvalue weighted by atomic mass is 10.1. The summed E-state index contributed by atoms with van der Waals surface area (Å²) in [6.07, 6.45) is -3.95. The Hall–Kier alpha value is -2.14. The average molecular weight is 461 g/mol. The molecular formula is C20H27F2N5O3S. The fourth-order valence-electron chi connectivity index (χ4n) is 4.41. The first-order valence-corrected chi connectivity index (χ1v) is 11.6. The van der Waals surface area contributed by atoms with E-state index >= 15 is 0 Å². The predicted octanol–water partition coefficient (Wildman–Crippen LogP) is 2.93. The van der Waals surface area contributed by atoms with E-state index in [1.54, 1.807) is 0 Å². The van der Waals surface area contributed by atoms with Crippen molar-refractivity contribution in [2.75, 3.05) is 24.6 Å². The standard InChI is InChI=1S/C20H27F2N5O3S/c1-12-4-3-5-16(12)27-18-13(10-15(17(21)22)19(27)28)11-23-20(25-18)24-14-6-8-26(9-7-14)31(2,29)30/h10-12,14,16-17H,3-9H2,1-2H3,(H,23,24,25)/t12-,16+/m0/s1/i2D3,14D,17D. The summed E-state index contributed by atoms with van der Waals surface area (Å²) in [5.41, 5.74) is -1.84. The Balaban J connectivity index is 1.68.